The molecule has 0 unspecified atom stereocenters. The highest BCUT2D eigenvalue weighted by Gasteiger charge is 2.16. The van der Waals surface area contributed by atoms with Gasteiger partial charge in [0.15, 0.2) is 0 Å². The quantitative estimate of drug-likeness (QED) is 0.828. The highest BCUT2D eigenvalue weighted by atomic mass is 16.5. The lowest BCUT2D eigenvalue weighted by molar-refractivity contribution is 0.0988. The van der Waals surface area contributed by atoms with Crippen molar-refractivity contribution in [3.8, 4) is 5.75 Å². The molecule has 3 heteroatoms. The molecule has 0 heterocycles. The Kier molecular flexibility index (Phi) is 4.99. The number of amides is 1. The SMILES string of the molecule is CCOc1ccc(C(=O)N(CC)c2ccccc2)cc1C. The zero-order chi connectivity index (χ0) is 15.2. The highest BCUT2D eigenvalue weighted by Crippen LogP contribution is 2.22. The van der Waals surface area contributed by atoms with Crippen LogP contribution in [0.4, 0.5) is 5.69 Å². The molecule has 2 aromatic rings. The third kappa shape index (κ3) is 3.43. The van der Waals surface area contributed by atoms with Gasteiger partial charge in [-0.1, -0.05) is 18.2 Å². The summed E-state index contributed by atoms with van der Waals surface area (Å²) in [6.45, 7) is 7.15. The highest BCUT2D eigenvalue weighted by molar-refractivity contribution is 6.06. The van der Waals surface area contributed by atoms with Gasteiger partial charge in [0, 0.05) is 17.8 Å². The minimum atomic E-state index is 0.00912. The van der Waals surface area contributed by atoms with E-state index < -0.39 is 0 Å². The summed E-state index contributed by atoms with van der Waals surface area (Å²) in [5.41, 5.74) is 2.57. The van der Waals surface area contributed by atoms with E-state index in [0.717, 1.165) is 17.0 Å². The van der Waals surface area contributed by atoms with Gasteiger partial charge in [0.2, 0.25) is 0 Å². The molecule has 1 amide bonds. The molecule has 0 aliphatic heterocycles. The van der Waals surface area contributed by atoms with Gasteiger partial charge < -0.3 is 9.64 Å². The van der Waals surface area contributed by atoms with Crippen LogP contribution < -0.4 is 9.64 Å². The number of hydrogen-bond donors (Lipinski definition) is 0. The molecule has 0 saturated carbocycles. The van der Waals surface area contributed by atoms with Crippen LogP contribution in [0.3, 0.4) is 0 Å². The van der Waals surface area contributed by atoms with Gasteiger partial charge in [0.1, 0.15) is 5.75 Å². The first-order valence-corrected chi connectivity index (χ1v) is 7.27. The number of para-hydroxylation sites is 1. The van der Waals surface area contributed by atoms with Crippen LogP contribution in [0.25, 0.3) is 0 Å². The zero-order valence-electron chi connectivity index (χ0n) is 12.8. The Morgan fingerprint density at radius 3 is 2.38 bits per heavy atom. The van der Waals surface area contributed by atoms with Crippen LogP contribution in [0.15, 0.2) is 48.5 Å². The summed E-state index contributed by atoms with van der Waals surface area (Å²) in [7, 11) is 0. The van der Waals surface area contributed by atoms with Gasteiger partial charge in [-0.15, -0.1) is 0 Å². The van der Waals surface area contributed by atoms with Crippen LogP contribution in [0, 0.1) is 6.92 Å². The van der Waals surface area contributed by atoms with Crippen LogP contribution in [-0.2, 0) is 0 Å². The lowest BCUT2D eigenvalue weighted by Gasteiger charge is -2.21. The summed E-state index contributed by atoms with van der Waals surface area (Å²) >= 11 is 0. The van der Waals surface area contributed by atoms with Gasteiger partial charge >= 0.3 is 0 Å². The van der Waals surface area contributed by atoms with Crippen LogP contribution in [0.2, 0.25) is 0 Å². The van der Waals surface area contributed by atoms with Crippen molar-refractivity contribution in [2.45, 2.75) is 20.8 Å². The first-order chi connectivity index (χ1) is 10.2. The van der Waals surface area contributed by atoms with E-state index >= 15 is 0 Å². The van der Waals surface area contributed by atoms with Crippen molar-refractivity contribution in [1.82, 2.24) is 0 Å². The van der Waals surface area contributed by atoms with Crippen molar-refractivity contribution in [1.29, 1.82) is 0 Å². The molecular weight excluding hydrogens is 262 g/mol. The third-order valence-electron chi connectivity index (χ3n) is 3.35. The average Bonchev–Trinajstić information content (AvgIpc) is 2.51. The van der Waals surface area contributed by atoms with E-state index in [2.05, 4.69) is 0 Å². The molecule has 0 saturated heterocycles. The maximum atomic E-state index is 12.7. The van der Waals surface area contributed by atoms with Crippen molar-refractivity contribution < 1.29 is 9.53 Å². The molecule has 2 aromatic carbocycles. The Morgan fingerprint density at radius 1 is 1.10 bits per heavy atom. The number of aryl methyl sites for hydroxylation is 1. The average molecular weight is 283 g/mol. The van der Waals surface area contributed by atoms with E-state index in [-0.39, 0.29) is 5.91 Å². The number of nitrogens with zero attached hydrogens (tertiary/aromatic N) is 1. The molecule has 110 valence electrons. The molecule has 0 radical (unpaired) electrons. The van der Waals surface area contributed by atoms with E-state index in [0.29, 0.717) is 18.7 Å². The Balaban J connectivity index is 2.28. The van der Waals surface area contributed by atoms with Gasteiger partial charge in [-0.25, -0.2) is 0 Å². The lowest BCUT2D eigenvalue weighted by Crippen LogP contribution is -2.30. The molecule has 0 atom stereocenters. The second-order valence-electron chi connectivity index (χ2n) is 4.80. The summed E-state index contributed by atoms with van der Waals surface area (Å²) in [6.07, 6.45) is 0. The summed E-state index contributed by atoms with van der Waals surface area (Å²) < 4.78 is 5.52. The maximum absolute atomic E-state index is 12.7. The number of carbonyl (C=O) groups excluding carboxylic acids is 1. The lowest BCUT2D eigenvalue weighted by atomic mass is 10.1. The van der Waals surface area contributed by atoms with Crippen molar-refractivity contribution in [2.75, 3.05) is 18.1 Å². The standard InChI is InChI=1S/C18H21NO2/c1-4-19(16-9-7-6-8-10-16)18(20)15-11-12-17(21-5-2)14(3)13-15/h6-13H,4-5H2,1-3H3. The van der Waals surface area contributed by atoms with Gasteiger partial charge in [-0.3, -0.25) is 4.79 Å². The predicted molar refractivity (Wildman–Crippen MR) is 86.1 cm³/mol. The van der Waals surface area contributed by atoms with Crippen molar-refractivity contribution in [2.24, 2.45) is 0 Å². The molecule has 0 aromatic heterocycles. The molecule has 0 spiro atoms. The number of hydrogen-bond acceptors (Lipinski definition) is 2. The van der Waals surface area contributed by atoms with Crippen molar-refractivity contribution in [3.05, 3.63) is 59.7 Å². The van der Waals surface area contributed by atoms with Crippen LogP contribution >= 0.6 is 0 Å². The third-order valence-corrected chi connectivity index (χ3v) is 3.35. The van der Waals surface area contributed by atoms with Gasteiger partial charge in [0.25, 0.3) is 5.91 Å². The summed E-state index contributed by atoms with van der Waals surface area (Å²) in [4.78, 5) is 14.5. The molecule has 2 rings (SSSR count). The Bertz CT molecular complexity index is 608. The zero-order valence-corrected chi connectivity index (χ0v) is 12.8. The molecule has 0 fully saturated rings. The summed E-state index contributed by atoms with van der Waals surface area (Å²) in [6, 6.07) is 15.3. The Morgan fingerprint density at radius 2 is 1.81 bits per heavy atom. The molecule has 21 heavy (non-hydrogen) atoms. The van der Waals surface area contributed by atoms with E-state index in [1.807, 2.05) is 69.3 Å². The fourth-order valence-electron chi connectivity index (χ4n) is 2.31. The Hall–Kier alpha value is -2.29. The van der Waals surface area contributed by atoms with Gasteiger partial charge in [-0.05, 0) is 56.7 Å². The smallest absolute Gasteiger partial charge is 0.258 e. The molecule has 0 aliphatic carbocycles. The van der Waals surface area contributed by atoms with E-state index in [9.17, 15) is 4.79 Å². The molecular formula is C18H21NO2. The molecule has 0 N–H and O–H groups in total. The number of carbonyl (C=O) groups is 1. The topological polar surface area (TPSA) is 29.5 Å². The molecule has 3 nitrogen and oxygen atoms in total. The van der Waals surface area contributed by atoms with Gasteiger partial charge in [0.05, 0.1) is 6.61 Å². The number of anilines is 1. The van der Waals surface area contributed by atoms with E-state index in [4.69, 9.17) is 4.74 Å². The predicted octanol–water partition coefficient (Wildman–Crippen LogP) is 4.06. The molecule has 0 bridgehead atoms. The van der Waals surface area contributed by atoms with E-state index in [1.165, 1.54) is 0 Å². The number of rotatable bonds is 5. The Labute approximate surface area is 126 Å². The van der Waals surface area contributed by atoms with Crippen LogP contribution in [0.5, 0.6) is 5.75 Å². The number of ether oxygens (including phenoxy) is 1. The normalized spacial score (nSPS) is 10.2. The largest absolute Gasteiger partial charge is 0.494 e. The maximum Gasteiger partial charge on any atom is 0.258 e. The van der Waals surface area contributed by atoms with Gasteiger partial charge in [-0.2, -0.15) is 0 Å². The second kappa shape index (κ2) is 6.93. The second-order valence-corrected chi connectivity index (χ2v) is 4.80. The first-order valence-electron chi connectivity index (χ1n) is 7.27. The summed E-state index contributed by atoms with van der Waals surface area (Å²) in [5, 5.41) is 0. The minimum absolute atomic E-state index is 0.00912. The van der Waals surface area contributed by atoms with E-state index in [1.54, 1.807) is 4.90 Å². The van der Waals surface area contributed by atoms with Crippen molar-refractivity contribution >= 4 is 11.6 Å². The monoisotopic (exact) mass is 283 g/mol. The van der Waals surface area contributed by atoms with Crippen LogP contribution in [0.1, 0.15) is 29.8 Å². The van der Waals surface area contributed by atoms with Crippen LogP contribution in [-0.4, -0.2) is 19.1 Å². The fraction of sp³-hybridized carbons (Fsp3) is 0.278. The number of benzene rings is 2. The summed E-state index contributed by atoms with van der Waals surface area (Å²) in [5.74, 6) is 0.839. The van der Waals surface area contributed by atoms with Crippen molar-refractivity contribution in [3.63, 3.8) is 0 Å². The first kappa shape index (κ1) is 15.1. The minimum Gasteiger partial charge on any atom is -0.494 e. The fourth-order valence-corrected chi connectivity index (χ4v) is 2.31. The molecule has 0 aliphatic rings.